The van der Waals surface area contributed by atoms with Gasteiger partial charge in [-0.3, -0.25) is 9.59 Å². The summed E-state index contributed by atoms with van der Waals surface area (Å²) in [5.74, 6) is -2.49. The van der Waals surface area contributed by atoms with Gasteiger partial charge in [-0.1, -0.05) is 111 Å². The molecule has 0 fully saturated rings. The number of carbonyl (C=O) groups is 5. The molecule has 0 aliphatic heterocycles. The van der Waals surface area contributed by atoms with Crippen LogP contribution in [0.15, 0.2) is 0 Å². The summed E-state index contributed by atoms with van der Waals surface area (Å²) in [6, 6.07) is 0. The number of rotatable bonds is 0. The normalized spacial score (nSPS) is 6.73. The van der Waals surface area contributed by atoms with Crippen molar-refractivity contribution in [1.29, 1.82) is 0 Å². The molecule has 0 saturated carbocycles. The maximum atomic E-state index is 11.7. The number of ether oxygens (including phenoxy) is 2. The second kappa shape index (κ2) is 126. The summed E-state index contributed by atoms with van der Waals surface area (Å²) in [5, 5.41) is 0. The highest BCUT2D eigenvalue weighted by molar-refractivity contribution is 5.72. The van der Waals surface area contributed by atoms with Crippen molar-refractivity contribution in [1.82, 2.24) is 0 Å². The van der Waals surface area contributed by atoms with Crippen LogP contribution in [0.2, 0.25) is 0 Å². The van der Waals surface area contributed by atoms with Crippen LogP contribution >= 0.6 is 0 Å². The van der Waals surface area contributed by atoms with Crippen molar-refractivity contribution >= 4 is 29.3 Å². The Morgan fingerprint density at radius 2 is 0.423 bits per heavy atom. The maximum absolute atomic E-state index is 11.7. The van der Waals surface area contributed by atoms with Crippen molar-refractivity contribution < 1.29 is 51.0 Å². The van der Waals surface area contributed by atoms with E-state index in [1.807, 2.05) is 111 Å². The molecule has 0 rings (SSSR count). The molecule has 0 atom stereocenters. The highest BCUT2D eigenvalue weighted by atomic mass is 19.3. The summed E-state index contributed by atoms with van der Waals surface area (Å²) >= 11 is 0. The fourth-order valence-corrected chi connectivity index (χ4v) is 0. The van der Waals surface area contributed by atoms with E-state index in [4.69, 9.17) is 0 Å². The Kier molecular flexibility index (Phi) is 251. The quantitative estimate of drug-likeness (QED) is 0.178. The Morgan fingerprint density at radius 3 is 0.423 bits per heavy atom. The van der Waals surface area contributed by atoms with Crippen molar-refractivity contribution in [2.75, 3.05) is 14.2 Å². The van der Waals surface area contributed by atoms with Gasteiger partial charge in [-0.05, 0) is 90.0 Å². The van der Waals surface area contributed by atoms with Crippen LogP contribution in [0.5, 0.6) is 0 Å². The summed E-state index contributed by atoms with van der Waals surface area (Å²) < 4.78 is 53.0. The number of methoxy groups -OCH3 is 2. The Morgan fingerprint density at radius 1 is 0.404 bits per heavy atom. The third kappa shape index (κ3) is 37200. The van der Waals surface area contributed by atoms with E-state index in [2.05, 4.69) is 9.47 Å². The SMILES string of the molecule is CC.CC.CC.CC.CC.CC.CC.CC.CC(C)(C)F.CC(C)(F)F.CC(C)=O.CC(C)=O.CC(C)=O.CC(C)F.COC(C)=O.COC(C)=O. The van der Waals surface area contributed by atoms with Crippen molar-refractivity contribution in [3.05, 3.63) is 0 Å². The summed E-state index contributed by atoms with van der Waals surface area (Å²) in [6.45, 7) is 53.2. The monoisotopic (exact) mass is 781 g/mol. The number of hydrogen-bond donors (Lipinski definition) is 0. The predicted octanol–water partition coefficient (Wildman–Crippen LogP) is 15.1. The first-order valence-electron chi connectivity index (χ1n) is 18.7. The first-order valence-corrected chi connectivity index (χ1v) is 18.7. The molecule has 0 aliphatic carbocycles. The molecular weight excluding hydrogens is 680 g/mol. The van der Waals surface area contributed by atoms with Gasteiger partial charge >= 0.3 is 11.9 Å². The van der Waals surface area contributed by atoms with Crippen molar-refractivity contribution in [3.63, 3.8) is 0 Å². The molecule has 0 spiro atoms. The first-order chi connectivity index (χ1) is 23.5. The summed E-state index contributed by atoms with van der Waals surface area (Å²) in [4.78, 5) is 47.5. The van der Waals surface area contributed by atoms with Crippen LogP contribution in [0.4, 0.5) is 17.6 Å². The highest BCUT2D eigenvalue weighted by Gasteiger charge is 2.08. The number of Topliss-reactive ketones (excluding diaryl/α,β-unsaturated/α-hetero) is 3. The lowest BCUT2D eigenvalue weighted by atomic mass is 10.2. The van der Waals surface area contributed by atoms with Crippen LogP contribution in [0.1, 0.15) is 215 Å². The van der Waals surface area contributed by atoms with Crippen LogP contribution in [0.3, 0.4) is 0 Å². The molecule has 0 amide bonds. The fraction of sp³-hybridized carbons (Fsp3) is 0.878. The van der Waals surface area contributed by atoms with Crippen LogP contribution in [-0.4, -0.2) is 61.3 Å². The number of hydrogen-bond acceptors (Lipinski definition) is 7. The van der Waals surface area contributed by atoms with Crippen LogP contribution in [0.25, 0.3) is 0 Å². The molecule has 0 heterocycles. The number of halogens is 4. The zero-order chi connectivity index (χ0) is 47.9. The molecule has 0 bridgehead atoms. The van der Waals surface area contributed by atoms with Gasteiger partial charge in [-0.15, -0.1) is 0 Å². The largest absolute Gasteiger partial charge is 0.469 e. The van der Waals surface area contributed by atoms with Gasteiger partial charge < -0.3 is 23.9 Å². The number of alkyl halides is 4. The molecule has 334 valence electrons. The van der Waals surface area contributed by atoms with E-state index >= 15 is 0 Å². The fourth-order valence-electron chi connectivity index (χ4n) is 0. The lowest BCUT2D eigenvalue weighted by Crippen LogP contribution is -2.01. The predicted molar refractivity (Wildman–Crippen MR) is 229 cm³/mol. The third-order valence-electron chi connectivity index (χ3n) is 0.575. The van der Waals surface area contributed by atoms with Crippen LogP contribution in [-0.2, 0) is 33.4 Å². The van der Waals surface area contributed by atoms with Gasteiger partial charge in [-0.2, -0.15) is 0 Å². The van der Waals surface area contributed by atoms with Crippen molar-refractivity contribution in [3.8, 4) is 0 Å². The minimum Gasteiger partial charge on any atom is -0.469 e. The van der Waals surface area contributed by atoms with Crippen molar-refractivity contribution in [2.45, 2.75) is 232 Å². The molecule has 0 unspecified atom stereocenters. The molecule has 7 nitrogen and oxygen atoms in total. The van der Waals surface area contributed by atoms with Gasteiger partial charge in [0, 0.05) is 13.8 Å². The molecule has 0 aromatic carbocycles. The van der Waals surface area contributed by atoms with Crippen molar-refractivity contribution in [2.24, 2.45) is 0 Å². The summed E-state index contributed by atoms with van der Waals surface area (Å²) in [5.41, 5.74) is -1.00. The van der Waals surface area contributed by atoms with Gasteiger partial charge in [0.25, 0.3) is 0 Å². The molecule has 0 saturated heterocycles. The third-order valence-corrected chi connectivity index (χ3v) is 0.575. The van der Waals surface area contributed by atoms with Gasteiger partial charge in [-0.25, -0.2) is 17.6 Å². The summed E-state index contributed by atoms with van der Waals surface area (Å²) in [6.07, 6.45) is -0.667. The molecule has 0 aromatic heterocycles. The molecule has 52 heavy (non-hydrogen) atoms. The maximum Gasteiger partial charge on any atom is 0.302 e. The number of carbonyl (C=O) groups excluding carboxylic acids is 5. The highest BCUT2D eigenvalue weighted by Crippen LogP contribution is 2.06. The smallest absolute Gasteiger partial charge is 0.302 e. The van der Waals surface area contributed by atoms with Gasteiger partial charge in [0.05, 0.1) is 20.4 Å². The van der Waals surface area contributed by atoms with E-state index in [1.165, 1.54) is 104 Å². The molecule has 0 N–H and O–H groups in total. The molecule has 0 radical (unpaired) electrons. The Balaban J connectivity index is -0.0000000193. The van der Waals surface area contributed by atoms with E-state index in [0.717, 1.165) is 13.8 Å². The van der Waals surface area contributed by atoms with E-state index in [-0.39, 0.29) is 29.3 Å². The molecule has 11 heteroatoms. The second-order valence-corrected chi connectivity index (χ2v) is 8.52. The first kappa shape index (κ1) is 104. The number of esters is 2. The zero-order valence-corrected chi connectivity index (χ0v) is 41.4. The lowest BCUT2D eigenvalue weighted by Gasteiger charge is -1.99. The Labute approximate surface area is 326 Å². The summed E-state index contributed by atoms with van der Waals surface area (Å²) in [7, 11) is 2.70. The van der Waals surface area contributed by atoms with Gasteiger partial charge in [0.15, 0.2) is 0 Å². The van der Waals surface area contributed by atoms with E-state index < -0.39 is 17.8 Å². The molecule has 0 aliphatic rings. The topological polar surface area (TPSA) is 104 Å². The zero-order valence-electron chi connectivity index (χ0n) is 41.4. The Bertz CT molecular complexity index is 449. The molecule has 0 aromatic rings. The second-order valence-electron chi connectivity index (χ2n) is 8.52. The van der Waals surface area contributed by atoms with E-state index in [1.54, 1.807) is 0 Å². The van der Waals surface area contributed by atoms with E-state index in [9.17, 15) is 41.5 Å². The van der Waals surface area contributed by atoms with Crippen LogP contribution < -0.4 is 0 Å². The van der Waals surface area contributed by atoms with Gasteiger partial charge in [0.2, 0.25) is 5.92 Å². The average Bonchev–Trinajstić information content (AvgIpc) is 3.03. The Hall–Kier alpha value is -2.33. The average molecular weight is 781 g/mol. The lowest BCUT2D eigenvalue weighted by molar-refractivity contribution is -0.138. The minimum atomic E-state index is -2.50. The minimum absolute atomic E-state index is 0.167. The van der Waals surface area contributed by atoms with E-state index in [0.29, 0.717) is 0 Å². The standard InChI is InChI=1S/C4H9F.C3H6F2.C3H7F.2C3H6O2.3C3H6O.8C2H6/c1-4(2,3)5;1-3(2,4)5;1-3(2)4;2*1-3(4)5-2;3*1-3(2)4;8*1-2/h1-3H3;1-2H3;3H,1-2H3;2*1-2H3;3*1-2H3;8*1-2H3. The van der Waals surface area contributed by atoms with Gasteiger partial charge in [0.1, 0.15) is 23.0 Å². The molecular formula is C41H100F4O7. The van der Waals surface area contributed by atoms with Crippen LogP contribution in [0, 0.1) is 0 Å². The number of ketones is 3.